The first-order chi connectivity index (χ1) is 20.6. The number of nitrogens with one attached hydrogen (secondary N) is 1. The van der Waals surface area contributed by atoms with E-state index in [1.807, 2.05) is 31.1 Å². The molecule has 2 aromatic heterocycles. The van der Waals surface area contributed by atoms with Crippen LogP contribution in [-0.2, 0) is 35.1 Å². The van der Waals surface area contributed by atoms with Gasteiger partial charge < -0.3 is 13.2 Å². The molecule has 0 bridgehead atoms. The standard InChI is InChI=1S/C24H36O5S.C8H13N5O/c1-23(2)12-4-5-19-21(23)10-13-24(3)20(8-6-17-11-14-28-15-17)18(7-9-22(19)24)16-29-30(25,26)27;1-11-4-12(2)6-5(11)7(14)13(3)8(9)10-6/h11,14-16,19-22H,4-10,12-13H2,1-3H3,(H,25,26,27);4,8H,9H2,1-3H3/b18-16+;/t19-,20-,21+,22+,24+;/m0./s1. The van der Waals surface area contributed by atoms with Crippen LogP contribution in [0, 0.1) is 34.5 Å². The van der Waals surface area contributed by atoms with Gasteiger partial charge in [-0.25, -0.2) is 13.0 Å². The van der Waals surface area contributed by atoms with Crippen LogP contribution in [0.4, 0.5) is 5.82 Å². The molecule has 3 N–H and O–H groups in total. The van der Waals surface area contributed by atoms with Crippen LogP contribution in [0.25, 0.3) is 0 Å². The zero-order valence-corrected chi connectivity index (χ0v) is 27.7. The lowest BCUT2D eigenvalue weighted by Crippen LogP contribution is -2.54. The summed E-state index contributed by atoms with van der Waals surface area (Å²) >= 11 is 0. The van der Waals surface area contributed by atoms with Crippen molar-refractivity contribution < 1.29 is 30.9 Å². The monoisotopic (exact) mass is 631 g/mol. The topological polar surface area (TPSA) is 147 Å². The van der Waals surface area contributed by atoms with Gasteiger partial charge in [0.25, 0.3) is 22.1 Å². The Morgan fingerprint density at radius 1 is 1.20 bits per heavy atom. The number of furan rings is 1. The van der Waals surface area contributed by atoms with Crippen LogP contribution in [0.3, 0.4) is 0 Å². The van der Waals surface area contributed by atoms with Crippen molar-refractivity contribution in [3.8, 4) is 0 Å². The smallest absolute Gasteiger partial charge is 0.296 e. The summed E-state index contributed by atoms with van der Waals surface area (Å²) in [6.45, 7) is 7.31. The summed E-state index contributed by atoms with van der Waals surface area (Å²) in [5.74, 6) is 3.10. The summed E-state index contributed by atoms with van der Waals surface area (Å²) in [6.07, 6.45) is 16.1. The molecule has 11 nitrogen and oxygen atoms in total. The predicted molar refractivity (Wildman–Crippen MR) is 164 cm³/mol. The maximum Gasteiger partial charge on any atom is 0.296 e. The number of imidazole rings is 1. The van der Waals surface area contributed by atoms with Crippen molar-refractivity contribution in [3.05, 3.63) is 48.0 Å². The second kappa shape index (κ2) is 12.2. The number of amides is 1. The number of fused-ring (bicyclic) bond motifs is 4. The van der Waals surface area contributed by atoms with Crippen LogP contribution in [0.1, 0.15) is 88.2 Å². The number of hydrogen-bond donors (Lipinski definition) is 2. The number of nitrogens with two attached hydrogens (primary N) is 1. The molecule has 3 heterocycles. The van der Waals surface area contributed by atoms with Crippen molar-refractivity contribution in [1.29, 1.82) is 0 Å². The lowest BCUT2D eigenvalue weighted by Gasteiger charge is -2.61. The highest BCUT2D eigenvalue weighted by atomic mass is 32.3. The van der Waals surface area contributed by atoms with Crippen molar-refractivity contribution in [3.63, 3.8) is 0 Å². The molecule has 0 spiro atoms. The van der Waals surface area contributed by atoms with E-state index in [1.165, 1.54) is 36.8 Å². The number of allylic oxidation sites excluding steroid dienone is 1. The lowest BCUT2D eigenvalue weighted by atomic mass is 9.44. The summed E-state index contributed by atoms with van der Waals surface area (Å²) in [6, 6.07) is 1.99. The molecule has 0 radical (unpaired) electrons. The number of carbonyl (C=O) groups is 1. The summed E-state index contributed by atoms with van der Waals surface area (Å²) in [7, 11) is 0.655. The first-order valence-electron chi connectivity index (χ1n) is 15.8. The summed E-state index contributed by atoms with van der Waals surface area (Å²) in [5, 5.41) is 3.05. The minimum Gasteiger partial charge on any atom is -0.716 e. The fourth-order valence-electron chi connectivity index (χ4n) is 9.07. The fourth-order valence-corrected chi connectivity index (χ4v) is 9.31. The Morgan fingerprint density at radius 2 is 1.95 bits per heavy atom. The molecule has 44 heavy (non-hydrogen) atoms. The molecule has 6 rings (SSSR count). The Kier molecular flexibility index (Phi) is 9.00. The quantitative estimate of drug-likeness (QED) is 0.213. The van der Waals surface area contributed by atoms with E-state index >= 15 is 0 Å². The molecule has 3 fully saturated rings. The number of carbonyl (C=O) groups excluding carboxylic acids is 1. The van der Waals surface area contributed by atoms with E-state index in [4.69, 9.17) is 10.2 Å². The van der Waals surface area contributed by atoms with Crippen LogP contribution in [0.2, 0.25) is 0 Å². The van der Waals surface area contributed by atoms with Crippen LogP contribution in [0.5, 0.6) is 0 Å². The van der Waals surface area contributed by atoms with Gasteiger partial charge in [0.2, 0.25) is 12.0 Å². The molecule has 3 saturated carbocycles. The Hall–Kier alpha value is -2.83. The van der Waals surface area contributed by atoms with E-state index in [2.05, 4.69) is 30.3 Å². The molecule has 3 aliphatic carbocycles. The van der Waals surface area contributed by atoms with Crippen molar-refractivity contribution in [1.82, 2.24) is 9.47 Å². The number of nitrogens with zero attached hydrogens (tertiary/aromatic N) is 3. The van der Waals surface area contributed by atoms with Crippen LogP contribution >= 0.6 is 0 Å². The van der Waals surface area contributed by atoms with Crippen molar-refractivity contribution in [2.75, 3.05) is 12.4 Å². The zero-order valence-electron chi connectivity index (χ0n) is 26.9. The van der Waals surface area contributed by atoms with E-state index in [9.17, 15) is 17.8 Å². The lowest BCUT2D eigenvalue weighted by molar-refractivity contribution is -0.657. The average molecular weight is 632 g/mol. The third kappa shape index (κ3) is 6.30. The Bertz CT molecular complexity index is 1480. The van der Waals surface area contributed by atoms with Gasteiger partial charge in [-0.15, -0.1) is 0 Å². The van der Waals surface area contributed by atoms with E-state index < -0.39 is 16.7 Å². The third-order valence-electron chi connectivity index (χ3n) is 11.3. The molecule has 12 heteroatoms. The van der Waals surface area contributed by atoms with Gasteiger partial charge in [0, 0.05) is 7.05 Å². The Morgan fingerprint density at radius 3 is 2.64 bits per heavy atom. The van der Waals surface area contributed by atoms with Crippen molar-refractivity contribution in [2.45, 2.75) is 84.8 Å². The van der Waals surface area contributed by atoms with Gasteiger partial charge in [-0.05, 0) is 103 Å². The normalized spacial score (nSPS) is 32.1. The number of aromatic nitrogens is 2. The Labute approximate surface area is 261 Å². The molecular weight excluding hydrogens is 582 g/mol. The fraction of sp³-hybridized carbons (Fsp3) is 0.688. The van der Waals surface area contributed by atoms with E-state index in [1.54, 1.807) is 24.1 Å². The molecule has 0 aromatic carbocycles. The molecule has 244 valence electrons. The Balaban J connectivity index is 0.000000229. The highest BCUT2D eigenvalue weighted by molar-refractivity contribution is 7.80. The molecule has 4 aliphatic rings. The van der Waals surface area contributed by atoms with Crippen LogP contribution in [-0.4, -0.2) is 41.7 Å². The average Bonchev–Trinajstić information content (AvgIpc) is 3.56. The van der Waals surface area contributed by atoms with Gasteiger partial charge in [0.1, 0.15) is 6.26 Å². The van der Waals surface area contributed by atoms with Crippen LogP contribution < -0.4 is 15.6 Å². The maximum absolute atomic E-state index is 11.8. The third-order valence-corrected chi connectivity index (χ3v) is 11.7. The van der Waals surface area contributed by atoms with Gasteiger partial charge in [0.15, 0.2) is 6.33 Å². The summed E-state index contributed by atoms with van der Waals surface area (Å²) in [4.78, 5) is 13.3. The van der Waals surface area contributed by atoms with Gasteiger partial charge in [-0.2, -0.15) is 0 Å². The highest BCUT2D eigenvalue weighted by Crippen LogP contribution is 2.64. The molecule has 1 unspecified atom stereocenters. The first kappa shape index (κ1) is 32.6. The molecule has 1 amide bonds. The van der Waals surface area contributed by atoms with Gasteiger partial charge >= 0.3 is 0 Å². The second-order valence-electron chi connectivity index (χ2n) is 14.3. The SMILES string of the molecule is CC1(C)CCC[C@H]2[C@H]1CC[C@@]1(C)[C@@H]2CC/C(=C\OS(=O)(=O)[O-])[C@@H]1CCc1ccoc1.CN1C(=O)c2c([n+](C)cn2C)NC1N. The van der Waals surface area contributed by atoms with Gasteiger partial charge in [-0.1, -0.05) is 27.2 Å². The zero-order chi connectivity index (χ0) is 32.0. The second-order valence-corrected chi connectivity index (χ2v) is 15.3. The predicted octanol–water partition coefficient (Wildman–Crippen LogP) is 4.43. The van der Waals surface area contributed by atoms with Crippen molar-refractivity contribution >= 4 is 22.1 Å². The van der Waals surface area contributed by atoms with E-state index in [0.29, 0.717) is 17.0 Å². The largest absolute Gasteiger partial charge is 0.716 e. The minimum atomic E-state index is -4.73. The van der Waals surface area contributed by atoms with E-state index in [-0.39, 0.29) is 17.2 Å². The molecular formula is C32H49N5O6S. The van der Waals surface area contributed by atoms with Crippen LogP contribution in [0.15, 0.2) is 41.2 Å². The van der Waals surface area contributed by atoms with E-state index in [0.717, 1.165) is 60.9 Å². The number of rotatable bonds is 5. The number of aryl methyl sites for hydroxylation is 3. The first-order valence-corrected chi connectivity index (χ1v) is 17.1. The summed E-state index contributed by atoms with van der Waals surface area (Å²) in [5.41, 5.74) is 9.04. The highest BCUT2D eigenvalue weighted by Gasteiger charge is 2.56. The van der Waals surface area contributed by atoms with Gasteiger partial charge in [-0.3, -0.25) is 25.3 Å². The van der Waals surface area contributed by atoms with Crippen molar-refractivity contribution in [2.24, 2.45) is 54.3 Å². The number of hydrogen-bond acceptors (Lipinski definition) is 8. The number of anilines is 1. The molecule has 2 aromatic rings. The minimum absolute atomic E-state index is 0.0608. The maximum atomic E-state index is 11.8. The molecule has 0 saturated heterocycles. The summed E-state index contributed by atoms with van der Waals surface area (Å²) < 4.78 is 46.8. The molecule has 1 aliphatic heterocycles. The molecule has 6 atom stereocenters. The van der Waals surface area contributed by atoms with Gasteiger partial charge in [0.05, 0.1) is 26.6 Å².